The van der Waals surface area contributed by atoms with Gasteiger partial charge in [-0.15, -0.1) is 0 Å². The first-order valence-corrected chi connectivity index (χ1v) is 8.49. The molecule has 0 saturated heterocycles. The summed E-state index contributed by atoms with van der Waals surface area (Å²) in [5.74, 6) is -1.31. The topological polar surface area (TPSA) is 111 Å². The fourth-order valence-electron chi connectivity index (χ4n) is 1.83. The van der Waals surface area contributed by atoms with Crippen LogP contribution in [0.5, 0.6) is 5.75 Å². The Morgan fingerprint density at radius 1 is 1.15 bits per heavy atom. The average Bonchev–Trinajstić information content (AvgIpc) is 2.63. The van der Waals surface area contributed by atoms with Crippen LogP contribution in [-0.4, -0.2) is 55.9 Å². The van der Waals surface area contributed by atoms with Gasteiger partial charge >= 0.3 is 11.9 Å². The third-order valence-corrected chi connectivity index (χ3v) is 3.20. The van der Waals surface area contributed by atoms with Gasteiger partial charge in [-0.3, -0.25) is 9.59 Å². The summed E-state index contributed by atoms with van der Waals surface area (Å²) in [6.07, 6.45) is 1.67. The molecule has 0 aromatic heterocycles. The van der Waals surface area contributed by atoms with E-state index in [4.69, 9.17) is 19.3 Å². The molecule has 0 spiro atoms. The molecular formula is C18H25NO7. The third kappa shape index (κ3) is 9.63. The van der Waals surface area contributed by atoms with E-state index in [0.29, 0.717) is 17.9 Å². The Labute approximate surface area is 152 Å². The molecule has 144 valence electrons. The van der Waals surface area contributed by atoms with Crippen molar-refractivity contribution in [3.05, 3.63) is 29.8 Å². The number of carbonyl (C=O) groups excluding carboxylic acids is 2. The monoisotopic (exact) mass is 367 g/mol. The van der Waals surface area contributed by atoms with E-state index in [0.717, 1.165) is 12.8 Å². The molecule has 0 aliphatic carbocycles. The number of nitrogens with one attached hydrogen (secondary N) is 1. The molecule has 0 radical (unpaired) electrons. The highest BCUT2D eigenvalue weighted by Gasteiger charge is 2.09. The van der Waals surface area contributed by atoms with Crippen LogP contribution in [0.25, 0.3) is 0 Å². The van der Waals surface area contributed by atoms with Gasteiger partial charge < -0.3 is 24.6 Å². The predicted octanol–water partition coefficient (Wildman–Crippen LogP) is 1.63. The molecule has 0 atom stereocenters. The fraction of sp³-hybridized carbons (Fsp3) is 0.500. The molecule has 2 N–H and O–H groups in total. The molecule has 0 bridgehead atoms. The lowest BCUT2D eigenvalue weighted by Crippen LogP contribution is -2.31. The van der Waals surface area contributed by atoms with E-state index in [2.05, 4.69) is 5.32 Å². The highest BCUT2D eigenvalue weighted by Crippen LogP contribution is 2.14. The lowest BCUT2D eigenvalue weighted by atomic mass is 10.2. The first-order chi connectivity index (χ1) is 12.5. The standard InChI is InChI=1S/C18H25NO7/c1-2-3-9-25-18(23)14-5-4-6-15(12-14)26-13-16(20)19-8-11-24-10-7-17(21)22/h4-6,12H,2-3,7-11,13H2,1H3,(H,19,20)(H,21,22). The Hall–Kier alpha value is -2.61. The minimum atomic E-state index is -0.932. The molecule has 0 aliphatic rings. The molecule has 1 aromatic rings. The van der Waals surface area contributed by atoms with Crippen molar-refractivity contribution in [3.63, 3.8) is 0 Å². The number of benzene rings is 1. The number of carboxylic acid groups (broad SMARTS) is 1. The molecule has 0 unspecified atom stereocenters. The van der Waals surface area contributed by atoms with E-state index in [1.165, 1.54) is 6.07 Å². The fourth-order valence-corrected chi connectivity index (χ4v) is 1.83. The number of rotatable bonds is 13. The van der Waals surface area contributed by atoms with Crippen molar-refractivity contribution >= 4 is 17.8 Å². The van der Waals surface area contributed by atoms with Crippen LogP contribution in [0.4, 0.5) is 0 Å². The molecule has 26 heavy (non-hydrogen) atoms. The zero-order valence-electron chi connectivity index (χ0n) is 14.9. The second kappa shape index (κ2) is 12.7. The molecule has 0 aliphatic heterocycles. The zero-order chi connectivity index (χ0) is 19.2. The van der Waals surface area contributed by atoms with E-state index in [-0.39, 0.29) is 38.7 Å². The van der Waals surface area contributed by atoms with Crippen LogP contribution in [-0.2, 0) is 19.1 Å². The van der Waals surface area contributed by atoms with Crippen molar-refractivity contribution in [1.29, 1.82) is 0 Å². The number of carboxylic acids is 1. The molecule has 0 saturated carbocycles. The number of hydrogen-bond donors (Lipinski definition) is 2. The van der Waals surface area contributed by atoms with Crippen molar-refractivity contribution in [2.75, 3.05) is 33.0 Å². The quantitative estimate of drug-likeness (QED) is 0.403. The summed E-state index contributed by atoms with van der Waals surface area (Å²) in [4.78, 5) is 33.8. The number of ether oxygens (including phenoxy) is 3. The first kappa shape index (κ1) is 21.4. The van der Waals surface area contributed by atoms with Crippen LogP contribution in [0.2, 0.25) is 0 Å². The van der Waals surface area contributed by atoms with Gasteiger partial charge in [-0.25, -0.2) is 4.79 Å². The van der Waals surface area contributed by atoms with Gasteiger partial charge in [0.1, 0.15) is 5.75 Å². The highest BCUT2D eigenvalue weighted by atomic mass is 16.5. The number of carbonyl (C=O) groups is 3. The van der Waals surface area contributed by atoms with E-state index in [9.17, 15) is 14.4 Å². The van der Waals surface area contributed by atoms with Crippen LogP contribution < -0.4 is 10.1 Å². The van der Waals surface area contributed by atoms with Gasteiger partial charge in [0.25, 0.3) is 5.91 Å². The van der Waals surface area contributed by atoms with Crippen LogP contribution in [0.15, 0.2) is 24.3 Å². The minimum absolute atomic E-state index is 0.0751. The first-order valence-electron chi connectivity index (χ1n) is 8.49. The summed E-state index contributed by atoms with van der Waals surface area (Å²) in [5, 5.41) is 11.0. The number of hydrogen-bond acceptors (Lipinski definition) is 6. The molecular weight excluding hydrogens is 342 g/mol. The summed E-state index contributed by atoms with van der Waals surface area (Å²) in [6.45, 7) is 2.75. The van der Waals surface area contributed by atoms with Gasteiger partial charge in [0.05, 0.1) is 31.8 Å². The number of esters is 1. The smallest absolute Gasteiger partial charge is 0.338 e. The molecule has 8 nitrogen and oxygen atoms in total. The SMILES string of the molecule is CCCCOC(=O)c1cccc(OCC(=O)NCCOCCC(=O)O)c1. The average molecular weight is 367 g/mol. The van der Waals surface area contributed by atoms with Gasteiger partial charge in [-0.05, 0) is 24.6 Å². The zero-order valence-corrected chi connectivity index (χ0v) is 14.9. The second-order valence-corrected chi connectivity index (χ2v) is 5.41. The van der Waals surface area contributed by atoms with Gasteiger partial charge in [-0.1, -0.05) is 19.4 Å². The molecule has 1 rings (SSSR count). The van der Waals surface area contributed by atoms with E-state index < -0.39 is 11.9 Å². The molecule has 8 heteroatoms. The largest absolute Gasteiger partial charge is 0.484 e. The van der Waals surface area contributed by atoms with Crippen LogP contribution in [0, 0.1) is 0 Å². The summed E-state index contributed by atoms with van der Waals surface area (Å²) < 4.78 is 15.5. The Kier molecular flexibility index (Phi) is 10.5. The van der Waals surface area contributed by atoms with Crippen molar-refractivity contribution in [3.8, 4) is 5.75 Å². The Morgan fingerprint density at radius 2 is 1.96 bits per heavy atom. The maximum absolute atomic E-state index is 11.9. The number of unbranched alkanes of at least 4 members (excludes halogenated alkanes) is 1. The normalized spacial score (nSPS) is 10.2. The van der Waals surface area contributed by atoms with Crippen LogP contribution >= 0.6 is 0 Å². The summed E-state index contributed by atoms with van der Waals surface area (Å²) in [5.41, 5.74) is 0.367. The van der Waals surface area contributed by atoms with Crippen LogP contribution in [0.1, 0.15) is 36.5 Å². The highest BCUT2D eigenvalue weighted by molar-refractivity contribution is 5.89. The summed E-state index contributed by atoms with van der Waals surface area (Å²) >= 11 is 0. The van der Waals surface area contributed by atoms with Gasteiger partial charge in [-0.2, -0.15) is 0 Å². The Morgan fingerprint density at radius 3 is 2.69 bits per heavy atom. The van der Waals surface area contributed by atoms with Crippen LogP contribution in [0.3, 0.4) is 0 Å². The third-order valence-electron chi connectivity index (χ3n) is 3.20. The van der Waals surface area contributed by atoms with Crippen molar-refractivity contribution in [2.45, 2.75) is 26.2 Å². The molecule has 1 aromatic carbocycles. The molecule has 0 heterocycles. The number of aliphatic carboxylic acids is 1. The second-order valence-electron chi connectivity index (χ2n) is 5.41. The summed E-state index contributed by atoms with van der Waals surface area (Å²) in [7, 11) is 0. The van der Waals surface area contributed by atoms with Gasteiger partial charge in [0.15, 0.2) is 6.61 Å². The molecule has 0 fully saturated rings. The van der Waals surface area contributed by atoms with Gasteiger partial charge in [0, 0.05) is 6.54 Å². The van der Waals surface area contributed by atoms with Gasteiger partial charge in [0.2, 0.25) is 0 Å². The van der Waals surface area contributed by atoms with Crippen molar-refractivity contribution < 1.29 is 33.7 Å². The Bertz CT molecular complexity index is 589. The van der Waals surface area contributed by atoms with Crippen molar-refractivity contribution in [1.82, 2.24) is 5.32 Å². The summed E-state index contributed by atoms with van der Waals surface area (Å²) in [6, 6.07) is 6.44. The van der Waals surface area contributed by atoms with Crippen molar-refractivity contribution in [2.24, 2.45) is 0 Å². The Balaban J connectivity index is 2.27. The number of amides is 1. The maximum atomic E-state index is 11.9. The van der Waals surface area contributed by atoms with E-state index in [1.807, 2.05) is 6.92 Å². The lowest BCUT2D eigenvalue weighted by Gasteiger charge is -2.09. The maximum Gasteiger partial charge on any atom is 0.338 e. The molecule has 1 amide bonds. The predicted molar refractivity (Wildman–Crippen MR) is 93.2 cm³/mol. The van der Waals surface area contributed by atoms with E-state index >= 15 is 0 Å². The lowest BCUT2D eigenvalue weighted by molar-refractivity contribution is -0.138. The minimum Gasteiger partial charge on any atom is -0.484 e. The van der Waals surface area contributed by atoms with E-state index in [1.54, 1.807) is 18.2 Å².